The standard InChI is InChI=1S/C28H16BrNS5/c29-28-14-13-27(35-28)26-12-11-25(34-26)24-10-9-23(33-24)22-8-7-19(31-22)16-5-6-21-18(15-16)30-17-3-1-2-4-20(17)32-21/h1-15,30H. The van der Waals surface area contributed by atoms with Gasteiger partial charge in [0.15, 0.2) is 0 Å². The van der Waals surface area contributed by atoms with Crippen LogP contribution in [0.1, 0.15) is 0 Å². The van der Waals surface area contributed by atoms with Crippen molar-refractivity contribution in [3.05, 3.63) is 94.8 Å². The molecule has 6 aromatic rings. The lowest BCUT2D eigenvalue weighted by molar-refractivity contribution is 1.32. The minimum Gasteiger partial charge on any atom is -0.354 e. The average Bonchev–Trinajstić information content (AvgIpc) is 3.68. The van der Waals surface area contributed by atoms with Crippen LogP contribution in [-0.2, 0) is 0 Å². The first-order valence-corrected chi connectivity index (χ1v) is 15.8. The number of nitrogens with one attached hydrogen (secondary N) is 1. The van der Waals surface area contributed by atoms with Crippen molar-refractivity contribution in [2.24, 2.45) is 0 Å². The van der Waals surface area contributed by atoms with Gasteiger partial charge in [-0.15, -0.1) is 45.3 Å². The highest BCUT2D eigenvalue weighted by Crippen LogP contribution is 2.47. The summed E-state index contributed by atoms with van der Waals surface area (Å²) in [6, 6.07) is 33.1. The molecule has 0 amide bonds. The Kier molecular flexibility index (Phi) is 5.73. The summed E-state index contributed by atoms with van der Waals surface area (Å²) >= 11 is 12.8. The molecular weight excluding hydrogens is 591 g/mol. The second-order valence-electron chi connectivity index (χ2n) is 8.03. The second-order valence-corrected chi connectivity index (χ2v) is 14.8. The van der Waals surface area contributed by atoms with Crippen LogP contribution in [-0.4, -0.2) is 0 Å². The molecule has 0 saturated heterocycles. The van der Waals surface area contributed by atoms with Gasteiger partial charge < -0.3 is 5.32 Å². The number of para-hydroxylation sites is 1. The molecule has 7 heteroatoms. The summed E-state index contributed by atoms with van der Waals surface area (Å²) in [6.07, 6.45) is 0. The zero-order valence-corrected chi connectivity index (χ0v) is 23.7. The van der Waals surface area contributed by atoms with E-state index in [1.54, 1.807) is 11.3 Å². The molecule has 0 atom stereocenters. The maximum Gasteiger partial charge on any atom is 0.0705 e. The van der Waals surface area contributed by atoms with Crippen molar-refractivity contribution in [1.29, 1.82) is 0 Å². The van der Waals surface area contributed by atoms with E-state index in [0.29, 0.717) is 0 Å². The first-order chi connectivity index (χ1) is 17.2. The van der Waals surface area contributed by atoms with Crippen molar-refractivity contribution in [3.63, 3.8) is 0 Å². The van der Waals surface area contributed by atoms with Crippen LogP contribution >= 0.6 is 73.0 Å². The number of fused-ring (bicyclic) bond motifs is 2. The molecule has 170 valence electrons. The summed E-state index contributed by atoms with van der Waals surface area (Å²) in [5.74, 6) is 0. The molecule has 5 heterocycles. The minimum atomic E-state index is 1.17. The molecule has 1 aliphatic heterocycles. The van der Waals surface area contributed by atoms with E-state index in [0.717, 1.165) is 0 Å². The molecule has 0 spiro atoms. The number of halogens is 1. The molecule has 2 aromatic carbocycles. The zero-order valence-electron chi connectivity index (χ0n) is 18.1. The SMILES string of the molecule is Brc1ccc(-c2ccc(-c3ccc(-c4ccc(-c5ccc6c(c5)Nc5ccccc5S6)s4)s3)s2)s1. The summed E-state index contributed by atoms with van der Waals surface area (Å²) in [7, 11) is 0. The fourth-order valence-electron chi connectivity index (χ4n) is 4.07. The first kappa shape index (κ1) is 22.1. The highest BCUT2D eigenvalue weighted by atomic mass is 79.9. The summed E-state index contributed by atoms with van der Waals surface area (Å²) in [4.78, 5) is 11.8. The van der Waals surface area contributed by atoms with Gasteiger partial charge in [-0.25, -0.2) is 0 Å². The highest BCUT2D eigenvalue weighted by Gasteiger charge is 2.17. The van der Waals surface area contributed by atoms with Gasteiger partial charge in [-0.2, -0.15) is 0 Å². The van der Waals surface area contributed by atoms with Gasteiger partial charge in [-0.05, 0) is 94.3 Å². The fraction of sp³-hybridized carbons (Fsp3) is 0. The van der Waals surface area contributed by atoms with Crippen LogP contribution in [0, 0.1) is 0 Å². The summed E-state index contributed by atoms with van der Waals surface area (Å²) in [5, 5.41) is 3.61. The van der Waals surface area contributed by atoms with E-state index in [9.17, 15) is 0 Å². The predicted molar refractivity (Wildman–Crippen MR) is 161 cm³/mol. The van der Waals surface area contributed by atoms with E-state index >= 15 is 0 Å². The van der Waals surface area contributed by atoms with Gasteiger partial charge in [0, 0.05) is 43.9 Å². The molecule has 0 unspecified atom stereocenters. The monoisotopic (exact) mass is 605 g/mol. The molecule has 35 heavy (non-hydrogen) atoms. The van der Waals surface area contributed by atoms with Crippen LogP contribution in [0.2, 0.25) is 0 Å². The quantitative estimate of drug-likeness (QED) is 0.214. The summed E-state index contributed by atoms with van der Waals surface area (Å²) in [5.41, 5.74) is 3.63. The minimum absolute atomic E-state index is 1.17. The van der Waals surface area contributed by atoms with E-state index in [4.69, 9.17) is 0 Å². The van der Waals surface area contributed by atoms with Crippen LogP contribution in [0.3, 0.4) is 0 Å². The van der Waals surface area contributed by atoms with Crippen LogP contribution in [0.25, 0.3) is 39.7 Å². The zero-order chi connectivity index (χ0) is 23.4. The van der Waals surface area contributed by atoms with Gasteiger partial charge in [0.1, 0.15) is 0 Å². The first-order valence-electron chi connectivity index (χ1n) is 10.9. The van der Waals surface area contributed by atoms with Gasteiger partial charge in [0.25, 0.3) is 0 Å². The third kappa shape index (κ3) is 4.24. The predicted octanol–water partition coefficient (Wildman–Crippen LogP) is 11.6. The third-order valence-electron chi connectivity index (χ3n) is 5.76. The van der Waals surface area contributed by atoms with Crippen molar-refractivity contribution in [3.8, 4) is 39.7 Å². The van der Waals surface area contributed by atoms with E-state index in [2.05, 4.69) is 112 Å². The smallest absolute Gasteiger partial charge is 0.0705 e. The Hall–Kier alpha value is -2.13. The van der Waals surface area contributed by atoms with Crippen LogP contribution < -0.4 is 5.32 Å². The Labute approximate surface area is 232 Å². The highest BCUT2D eigenvalue weighted by molar-refractivity contribution is 9.11. The summed E-state index contributed by atoms with van der Waals surface area (Å²) < 4.78 is 1.17. The summed E-state index contributed by atoms with van der Waals surface area (Å²) in [6.45, 7) is 0. The van der Waals surface area contributed by atoms with Crippen molar-refractivity contribution in [1.82, 2.24) is 0 Å². The molecule has 0 aliphatic carbocycles. The van der Waals surface area contributed by atoms with Crippen LogP contribution in [0.5, 0.6) is 0 Å². The molecule has 1 nitrogen and oxygen atoms in total. The van der Waals surface area contributed by atoms with Crippen molar-refractivity contribution in [2.75, 3.05) is 5.32 Å². The number of hydrogen-bond donors (Lipinski definition) is 1. The van der Waals surface area contributed by atoms with E-state index < -0.39 is 0 Å². The van der Waals surface area contributed by atoms with Crippen LogP contribution in [0.4, 0.5) is 11.4 Å². The largest absolute Gasteiger partial charge is 0.354 e. The average molecular weight is 607 g/mol. The van der Waals surface area contributed by atoms with Crippen molar-refractivity contribution >= 4 is 84.4 Å². The lowest BCUT2D eigenvalue weighted by Crippen LogP contribution is -1.99. The topological polar surface area (TPSA) is 12.0 Å². The molecule has 0 bridgehead atoms. The molecule has 0 radical (unpaired) electrons. The lowest BCUT2D eigenvalue weighted by Gasteiger charge is -2.21. The van der Waals surface area contributed by atoms with E-state index in [-0.39, 0.29) is 0 Å². The lowest BCUT2D eigenvalue weighted by atomic mass is 10.1. The molecule has 4 aromatic heterocycles. The maximum absolute atomic E-state index is 3.61. The number of anilines is 2. The van der Waals surface area contributed by atoms with Crippen molar-refractivity contribution < 1.29 is 0 Å². The third-order valence-corrected chi connectivity index (χ3v) is 12.4. The Morgan fingerprint density at radius 2 is 1.03 bits per heavy atom. The van der Waals surface area contributed by atoms with Gasteiger partial charge >= 0.3 is 0 Å². The number of rotatable bonds is 4. The van der Waals surface area contributed by atoms with Crippen LogP contribution in [0.15, 0.2) is 105 Å². The molecule has 0 fully saturated rings. The van der Waals surface area contributed by atoms with Crippen molar-refractivity contribution in [2.45, 2.75) is 9.79 Å². The number of thiophene rings is 4. The second kappa shape index (κ2) is 9.07. The van der Waals surface area contributed by atoms with Gasteiger partial charge in [0.2, 0.25) is 0 Å². The Morgan fingerprint density at radius 3 is 1.69 bits per heavy atom. The van der Waals surface area contributed by atoms with Gasteiger partial charge in [0.05, 0.1) is 15.2 Å². The fourth-order valence-corrected chi connectivity index (χ4v) is 9.71. The maximum atomic E-state index is 3.61. The van der Waals surface area contributed by atoms with E-state index in [1.165, 1.54) is 64.7 Å². The van der Waals surface area contributed by atoms with Gasteiger partial charge in [-0.3, -0.25) is 0 Å². The molecule has 7 rings (SSSR count). The molecule has 0 saturated carbocycles. The van der Waals surface area contributed by atoms with Gasteiger partial charge in [-0.1, -0.05) is 30.0 Å². The molecule has 1 N–H and O–H groups in total. The Balaban J connectivity index is 1.14. The Bertz CT molecular complexity index is 1680. The molecular formula is C28H16BrNS5. The normalized spacial score (nSPS) is 12.3. The molecule has 1 aliphatic rings. The Morgan fingerprint density at radius 1 is 0.486 bits per heavy atom. The van der Waals surface area contributed by atoms with E-state index in [1.807, 2.05) is 45.8 Å². The number of hydrogen-bond acceptors (Lipinski definition) is 6. The number of benzene rings is 2.